The number of benzene rings is 1. The van der Waals surface area contributed by atoms with E-state index in [1.807, 2.05) is 0 Å². The largest absolute Gasteiger partial charge is 0.490 e. The Bertz CT molecular complexity index is 302. The molecule has 0 unspecified atom stereocenters. The maximum atomic E-state index is 12.5. The maximum absolute atomic E-state index is 12.5. The van der Waals surface area contributed by atoms with E-state index in [4.69, 9.17) is 21.4 Å². The van der Waals surface area contributed by atoms with Crippen LogP contribution in [0.1, 0.15) is 12.5 Å². The van der Waals surface area contributed by atoms with Crippen molar-refractivity contribution < 1.29 is 14.2 Å². The van der Waals surface area contributed by atoms with Crippen LogP contribution < -0.4 is 4.74 Å². The van der Waals surface area contributed by atoms with E-state index >= 15 is 0 Å². The minimum absolute atomic E-state index is 0.0192. The van der Waals surface area contributed by atoms with E-state index < -0.39 is 6.17 Å². The van der Waals surface area contributed by atoms with E-state index in [1.165, 1.54) is 6.92 Å². The Kier molecular flexibility index (Phi) is 4.17. The van der Waals surface area contributed by atoms with E-state index in [0.29, 0.717) is 16.3 Å². The van der Waals surface area contributed by atoms with E-state index in [1.54, 1.807) is 18.2 Å². The van der Waals surface area contributed by atoms with Crippen LogP contribution in [0.4, 0.5) is 4.39 Å². The van der Waals surface area contributed by atoms with Crippen LogP contribution in [-0.2, 0) is 6.61 Å². The molecule has 1 aromatic rings. The van der Waals surface area contributed by atoms with Crippen LogP contribution in [0.25, 0.3) is 0 Å². The van der Waals surface area contributed by atoms with Crippen LogP contribution in [0, 0.1) is 0 Å². The third-order valence-corrected chi connectivity index (χ3v) is 1.90. The molecule has 0 amide bonds. The summed E-state index contributed by atoms with van der Waals surface area (Å²) in [6.45, 7) is 1.22. The number of hydrogen-bond donors (Lipinski definition) is 1. The molecule has 0 aromatic heterocycles. The van der Waals surface area contributed by atoms with Crippen molar-refractivity contribution in [2.75, 3.05) is 6.61 Å². The minimum Gasteiger partial charge on any atom is -0.490 e. The van der Waals surface area contributed by atoms with Gasteiger partial charge in [0.05, 0.1) is 6.61 Å². The van der Waals surface area contributed by atoms with Crippen molar-refractivity contribution in [2.45, 2.75) is 19.7 Å². The Balaban J connectivity index is 2.75. The number of alkyl halides is 1. The van der Waals surface area contributed by atoms with Gasteiger partial charge in [-0.15, -0.1) is 0 Å². The predicted molar refractivity (Wildman–Crippen MR) is 53.4 cm³/mol. The number of aliphatic hydroxyl groups excluding tert-OH is 1. The summed E-state index contributed by atoms with van der Waals surface area (Å²) >= 11 is 5.72. The van der Waals surface area contributed by atoms with E-state index in [0.717, 1.165) is 0 Å². The molecule has 0 aliphatic rings. The highest BCUT2D eigenvalue weighted by Gasteiger charge is 2.05. The number of halogens is 2. The van der Waals surface area contributed by atoms with Crippen molar-refractivity contribution in [3.63, 3.8) is 0 Å². The first-order valence-corrected chi connectivity index (χ1v) is 4.67. The zero-order valence-electron chi connectivity index (χ0n) is 7.84. The standard InChI is InChI=1S/C10H12ClFO2/c1-7(12)6-14-10-3-2-9(11)4-8(10)5-13/h2-4,7,13H,5-6H2,1H3/t7-/m1/s1. The molecular weight excluding hydrogens is 207 g/mol. The van der Waals surface area contributed by atoms with Crippen molar-refractivity contribution in [1.82, 2.24) is 0 Å². The quantitative estimate of drug-likeness (QED) is 0.842. The van der Waals surface area contributed by atoms with Gasteiger partial charge in [0.2, 0.25) is 0 Å². The topological polar surface area (TPSA) is 29.5 Å². The molecule has 78 valence electrons. The fourth-order valence-electron chi connectivity index (χ4n) is 1.02. The van der Waals surface area contributed by atoms with Gasteiger partial charge in [-0.05, 0) is 25.1 Å². The SMILES string of the molecule is C[C@@H](F)COc1ccc(Cl)cc1CO. The fraction of sp³-hybridized carbons (Fsp3) is 0.400. The molecule has 0 bridgehead atoms. The Morgan fingerprint density at radius 3 is 2.86 bits per heavy atom. The van der Waals surface area contributed by atoms with Crippen molar-refractivity contribution in [2.24, 2.45) is 0 Å². The lowest BCUT2D eigenvalue weighted by atomic mass is 10.2. The van der Waals surface area contributed by atoms with Crippen molar-refractivity contribution in [3.05, 3.63) is 28.8 Å². The van der Waals surface area contributed by atoms with Gasteiger partial charge in [0, 0.05) is 10.6 Å². The smallest absolute Gasteiger partial charge is 0.131 e. The van der Waals surface area contributed by atoms with Gasteiger partial charge in [-0.1, -0.05) is 11.6 Å². The van der Waals surface area contributed by atoms with Crippen LogP contribution in [-0.4, -0.2) is 17.9 Å². The van der Waals surface area contributed by atoms with Crippen LogP contribution in [0.3, 0.4) is 0 Å². The average Bonchev–Trinajstić information content (AvgIpc) is 2.15. The number of ether oxygens (including phenoxy) is 1. The lowest BCUT2D eigenvalue weighted by Gasteiger charge is -2.10. The second-order valence-electron chi connectivity index (χ2n) is 3.00. The van der Waals surface area contributed by atoms with Gasteiger partial charge in [0.25, 0.3) is 0 Å². The number of rotatable bonds is 4. The first-order chi connectivity index (χ1) is 6.63. The molecule has 0 fully saturated rings. The number of hydrogen-bond acceptors (Lipinski definition) is 2. The Morgan fingerprint density at radius 2 is 2.29 bits per heavy atom. The van der Waals surface area contributed by atoms with Gasteiger partial charge in [0.15, 0.2) is 0 Å². The summed E-state index contributed by atoms with van der Waals surface area (Å²) in [7, 11) is 0. The van der Waals surface area contributed by atoms with Crippen LogP contribution in [0.5, 0.6) is 5.75 Å². The summed E-state index contributed by atoms with van der Waals surface area (Å²) in [6.07, 6.45) is -1.03. The summed E-state index contributed by atoms with van der Waals surface area (Å²) in [5.74, 6) is 0.474. The molecule has 0 heterocycles. The zero-order valence-corrected chi connectivity index (χ0v) is 8.59. The lowest BCUT2D eigenvalue weighted by molar-refractivity contribution is 0.202. The molecule has 14 heavy (non-hydrogen) atoms. The molecule has 0 radical (unpaired) electrons. The minimum atomic E-state index is -1.03. The molecule has 0 saturated carbocycles. The molecule has 1 rings (SSSR count). The normalized spacial score (nSPS) is 12.6. The summed E-state index contributed by atoms with van der Waals surface area (Å²) in [6, 6.07) is 4.86. The van der Waals surface area contributed by atoms with E-state index in [2.05, 4.69) is 0 Å². The van der Waals surface area contributed by atoms with Gasteiger partial charge in [-0.25, -0.2) is 4.39 Å². The molecule has 0 aliphatic carbocycles. The molecule has 0 spiro atoms. The fourth-order valence-corrected chi connectivity index (χ4v) is 1.21. The molecule has 0 saturated heterocycles. The van der Waals surface area contributed by atoms with Crippen LogP contribution in [0.2, 0.25) is 5.02 Å². The zero-order chi connectivity index (χ0) is 10.6. The lowest BCUT2D eigenvalue weighted by Crippen LogP contribution is -2.09. The first-order valence-electron chi connectivity index (χ1n) is 4.29. The van der Waals surface area contributed by atoms with Crippen LogP contribution >= 0.6 is 11.6 Å². The van der Waals surface area contributed by atoms with E-state index in [-0.39, 0.29) is 13.2 Å². The maximum Gasteiger partial charge on any atom is 0.131 e. The third kappa shape index (κ3) is 3.16. The van der Waals surface area contributed by atoms with Crippen molar-refractivity contribution >= 4 is 11.6 Å². The molecule has 1 atom stereocenters. The van der Waals surface area contributed by atoms with Crippen molar-refractivity contribution in [1.29, 1.82) is 0 Å². The number of aliphatic hydroxyl groups is 1. The summed E-state index contributed by atoms with van der Waals surface area (Å²) in [5.41, 5.74) is 0.568. The van der Waals surface area contributed by atoms with Crippen LogP contribution in [0.15, 0.2) is 18.2 Å². The second-order valence-corrected chi connectivity index (χ2v) is 3.44. The Morgan fingerprint density at radius 1 is 1.57 bits per heavy atom. The second kappa shape index (κ2) is 5.17. The Labute approximate surface area is 87.3 Å². The van der Waals surface area contributed by atoms with Crippen molar-refractivity contribution in [3.8, 4) is 5.75 Å². The van der Waals surface area contributed by atoms with Gasteiger partial charge >= 0.3 is 0 Å². The third-order valence-electron chi connectivity index (χ3n) is 1.66. The first kappa shape index (κ1) is 11.3. The highest BCUT2D eigenvalue weighted by molar-refractivity contribution is 6.30. The van der Waals surface area contributed by atoms with Gasteiger partial charge in [0.1, 0.15) is 18.5 Å². The summed E-state index contributed by atoms with van der Waals surface area (Å²) in [5, 5.41) is 9.50. The molecule has 1 aromatic carbocycles. The van der Waals surface area contributed by atoms with Gasteiger partial charge < -0.3 is 9.84 Å². The monoisotopic (exact) mass is 218 g/mol. The molecule has 1 N–H and O–H groups in total. The Hall–Kier alpha value is -0.800. The average molecular weight is 219 g/mol. The summed E-state index contributed by atoms with van der Waals surface area (Å²) < 4.78 is 17.6. The molecule has 4 heteroatoms. The van der Waals surface area contributed by atoms with Gasteiger partial charge in [-0.2, -0.15) is 0 Å². The molecular formula is C10H12ClFO2. The highest BCUT2D eigenvalue weighted by atomic mass is 35.5. The predicted octanol–water partition coefficient (Wildman–Crippen LogP) is 2.57. The highest BCUT2D eigenvalue weighted by Crippen LogP contribution is 2.23. The van der Waals surface area contributed by atoms with Gasteiger partial charge in [-0.3, -0.25) is 0 Å². The molecule has 0 aliphatic heterocycles. The van der Waals surface area contributed by atoms with E-state index in [9.17, 15) is 4.39 Å². The molecule has 2 nitrogen and oxygen atoms in total. The summed E-state index contributed by atoms with van der Waals surface area (Å²) in [4.78, 5) is 0.